The molecule has 0 N–H and O–H groups in total. The minimum absolute atomic E-state index is 0.00307. The van der Waals surface area contributed by atoms with Crippen LogP contribution in [0.3, 0.4) is 0 Å². The molecule has 1 aromatic carbocycles. The maximum absolute atomic E-state index is 13.6. The standard InChI is InChI=1S/C28H37FN2O3S/c1-21-14-16-35-26(21)19-30(17-23-8-11-24(29)12-9-23)28(33)20-31(18-25-7-4-15-34-25)27(32)13-10-22-5-2-3-6-22/h8-9,11-12,14,16,22,25H,2-7,10,13,15,17-20H2,1H3. The average molecular weight is 501 g/mol. The first-order chi connectivity index (χ1) is 17.0. The Bertz CT molecular complexity index is 965. The van der Waals surface area contributed by atoms with Crippen LogP contribution >= 0.6 is 11.3 Å². The number of thiophene rings is 1. The number of halogens is 1. The maximum Gasteiger partial charge on any atom is 0.242 e. The van der Waals surface area contributed by atoms with Crippen molar-refractivity contribution < 1.29 is 18.7 Å². The Labute approximate surface area is 212 Å². The second-order valence-corrected chi connectivity index (χ2v) is 11.0. The third-order valence-electron chi connectivity index (χ3n) is 7.31. The molecular formula is C28H37FN2O3S. The molecule has 1 aromatic heterocycles. The van der Waals surface area contributed by atoms with Gasteiger partial charge in [-0.25, -0.2) is 4.39 Å². The summed E-state index contributed by atoms with van der Waals surface area (Å²) in [6.45, 7) is 4.14. The van der Waals surface area contributed by atoms with Crippen molar-refractivity contribution in [3.05, 3.63) is 57.5 Å². The van der Waals surface area contributed by atoms with E-state index in [0.717, 1.165) is 41.9 Å². The molecule has 1 saturated carbocycles. The Kier molecular flexibility index (Phi) is 9.32. The number of hydrogen-bond acceptors (Lipinski definition) is 4. The minimum atomic E-state index is -0.295. The SMILES string of the molecule is Cc1ccsc1CN(Cc1ccc(F)cc1)C(=O)CN(CC1CCCO1)C(=O)CCC1CCCC1. The van der Waals surface area contributed by atoms with E-state index in [-0.39, 0.29) is 30.3 Å². The lowest BCUT2D eigenvalue weighted by molar-refractivity contribution is -0.142. The molecule has 2 heterocycles. The number of aryl methyl sites for hydroxylation is 1. The van der Waals surface area contributed by atoms with Gasteiger partial charge in [-0.15, -0.1) is 11.3 Å². The van der Waals surface area contributed by atoms with Crippen LogP contribution in [0.15, 0.2) is 35.7 Å². The average Bonchev–Trinajstić information content (AvgIpc) is 3.62. The maximum atomic E-state index is 13.6. The number of amides is 2. The molecule has 4 rings (SSSR count). The van der Waals surface area contributed by atoms with Crippen molar-refractivity contribution in [3.63, 3.8) is 0 Å². The van der Waals surface area contributed by atoms with Crippen molar-refractivity contribution >= 4 is 23.2 Å². The van der Waals surface area contributed by atoms with Gasteiger partial charge < -0.3 is 14.5 Å². The number of ether oxygens (including phenoxy) is 1. The van der Waals surface area contributed by atoms with E-state index in [2.05, 4.69) is 6.07 Å². The molecule has 5 nitrogen and oxygen atoms in total. The summed E-state index contributed by atoms with van der Waals surface area (Å²) < 4.78 is 19.3. The van der Waals surface area contributed by atoms with Crippen molar-refractivity contribution in [1.29, 1.82) is 0 Å². The van der Waals surface area contributed by atoms with E-state index in [1.807, 2.05) is 12.3 Å². The van der Waals surface area contributed by atoms with Gasteiger partial charge in [0.2, 0.25) is 11.8 Å². The molecule has 7 heteroatoms. The van der Waals surface area contributed by atoms with E-state index in [1.165, 1.54) is 37.8 Å². The second-order valence-electron chi connectivity index (χ2n) is 10.0. The molecule has 2 fully saturated rings. The molecule has 1 unspecified atom stereocenters. The highest BCUT2D eigenvalue weighted by Gasteiger charge is 2.27. The first kappa shape index (κ1) is 25.8. The Hall–Kier alpha value is -2.25. The minimum Gasteiger partial charge on any atom is -0.376 e. The van der Waals surface area contributed by atoms with Gasteiger partial charge in [0.25, 0.3) is 0 Å². The van der Waals surface area contributed by atoms with Gasteiger partial charge in [-0.3, -0.25) is 9.59 Å². The highest BCUT2D eigenvalue weighted by molar-refractivity contribution is 7.10. The van der Waals surface area contributed by atoms with Crippen molar-refractivity contribution in [2.24, 2.45) is 5.92 Å². The van der Waals surface area contributed by atoms with E-state index in [0.29, 0.717) is 32.0 Å². The Morgan fingerprint density at radius 1 is 1.00 bits per heavy atom. The molecule has 2 aliphatic rings. The van der Waals surface area contributed by atoms with E-state index in [1.54, 1.807) is 33.3 Å². The second kappa shape index (κ2) is 12.6. The zero-order chi connectivity index (χ0) is 24.6. The van der Waals surface area contributed by atoms with Gasteiger partial charge in [-0.05, 0) is 66.8 Å². The number of nitrogens with zero attached hydrogens (tertiary/aromatic N) is 2. The Morgan fingerprint density at radius 2 is 1.77 bits per heavy atom. The molecule has 190 valence electrons. The van der Waals surface area contributed by atoms with Crippen LogP contribution in [-0.2, 0) is 27.4 Å². The summed E-state index contributed by atoms with van der Waals surface area (Å²) in [5.74, 6) is 0.302. The first-order valence-electron chi connectivity index (χ1n) is 12.9. The number of carbonyl (C=O) groups is 2. The van der Waals surface area contributed by atoms with Gasteiger partial charge in [-0.1, -0.05) is 37.8 Å². The lowest BCUT2D eigenvalue weighted by atomic mass is 10.0. The Morgan fingerprint density at radius 3 is 2.43 bits per heavy atom. The number of benzene rings is 1. The molecule has 0 radical (unpaired) electrons. The van der Waals surface area contributed by atoms with Gasteiger partial charge >= 0.3 is 0 Å². The molecule has 1 atom stereocenters. The molecule has 0 bridgehead atoms. The predicted octanol–water partition coefficient (Wildman–Crippen LogP) is 5.70. The van der Waals surface area contributed by atoms with Crippen LogP contribution in [0.25, 0.3) is 0 Å². The van der Waals surface area contributed by atoms with E-state index < -0.39 is 0 Å². The van der Waals surface area contributed by atoms with Crippen LogP contribution in [0.4, 0.5) is 4.39 Å². The zero-order valence-corrected chi connectivity index (χ0v) is 21.5. The van der Waals surface area contributed by atoms with Crippen LogP contribution < -0.4 is 0 Å². The highest BCUT2D eigenvalue weighted by atomic mass is 32.1. The van der Waals surface area contributed by atoms with E-state index >= 15 is 0 Å². The van der Waals surface area contributed by atoms with E-state index in [9.17, 15) is 14.0 Å². The fourth-order valence-corrected chi connectivity index (χ4v) is 6.04. The summed E-state index contributed by atoms with van der Waals surface area (Å²) >= 11 is 1.63. The van der Waals surface area contributed by atoms with Crippen LogP contribution in [0.2, 0.25) is 0 Å². The zero-order valence-electron chi connectivity index (χ0n) is 20.7. The van der Waals surface area contributed by atoms with Crippen molar-refractivity contribution in [3.8, 4) is 0 Å². The molecule has 1 aliphatic carbocycles. The number of rotatable bonds is 11. The summed E-state index contributed by atoms with van der Waals surface area (Å²) in [6.07, 6.45) is 8.27. The molecule has 2 aromatic rings. The molecule has 35 heavy (non-hydrogen) atoms. The lowest BCUT2D eigenvalue weighted by Gasteiger charge is -2.29. The Balaban J connectivity index is 1.46. The number of hydrogen-bond donors (Lipinski definition) is 0. The normalized spacial score (nSPS) is 18.2. The van der Waals surface area contributed by atoms with Crippen molar-refractivity contribution in [2.75, 3.05) is 19.7 Å². The molecular weight excluding hydrogens is 463 g/mol. The van der Waals surface area contributed by atoms with Gasteiger partial charge in [0.1, 0.15) is 5.82 Å². The molecule has 1 aliphatic heterocycles. The van der Waals surface area contributed by atoms with Crippen molar-refractivity contribution in [1.82, 2.24) is 9.80 Å². The largest absolute Gasteiger partial charge is 0.376 e. The summed E-state index contributed by atoms with van der Waals surface area (Å²) in [7, 11) is 0. The summed E-state index contributed by atoms with van der Waals surface area (Å²) in [5, 5.41) is 2.03. The van der Waals surface area contributed by atoms with Crippen LogP contribution in [0, 0.1) is 18.7 Å². The lowest BCUT2D eigenvalue weighted by Crippen LogP contribution is -2.45. The molecule has 0 spiro atoms. The van der Waals surface area contributed by atoms with Gasteiger partial charge in [0, 0.05) is 31.0 Å². The molecule has 2 amide bonds. The van der Waals surface area contributed by atoms with Gasteiger partial charge in [0.15, 0.2) is 0 Å². The monoisotopic (exact) mass is 500 g/mol. The van der Waals surface area contributed by atoms with Crippen molar-refractivity contribution in [2.45, 2.75) is 77.5 Å². The first-order valence-corrected chi connectivity index (χ1v) is 13.8. The van der Waals surface area contributed by atoms with Crippen LogP contribution in [-0.4, -0.2) is 47.4 Å². The van der Waals surface area contributed by atoms with Gasteiger partial charge in [0.05, 0.1) is 19.2 Å². The smallest absolute Gasteiger partial charge is 0.242 e. The van der Waals surface area contributed by atoms with Crippen LogP contribution in [0.1, 0.15) is 67.4 Å². The fourth-order valence-electron chi connectivity index (χ4n) is 5.12. The summed E-state index contributed by atoms with van der Waals surface area (Å²) in [4.78, 5) is 31.5. The summed E-state index contributed by atoms with van der Waals surface area (Å²) in [5.41, 5.74) is 2.02. The predicted molar refractivity (Wildman–Crippen MR) is 136 cm³/mol. The summed E-state index contributed by atoms with van der Waals surface area (Å²) in [6, 6.07) is 8.33. The number of carbonyl (C=O) groups excluding carboxylic acids is 2. The van der Waals surface area contributed by atoms with Crippen LogP contribution in [0.5, 0.6) is 0 Å². The third-order valence-corrected chi connectivity index (χ3v) is 8.32. The third kappa shape index (κ3) is 7.61. The van der Waals surface area contributed by atoms with E-state index in [4.69, 9.17) is 4.74 Å². The molecule has 1 saturated heterocycles. The fraction of sp³-hybridized carbons (Fsp3) is 0.571. The van der Waals surface area contributed by atoms with Gasteiger partial charge in [-0.2, -0.15) is 0 Å². The highest BCUT2D eigenvalue weighted by Crippen LogP contribution is 2.29. The topological polar surface area (TPSA) is 49.9 Å². The quantitative estimate of drug-likeness (QED) is 0.398.